The van der Waals surface area contributed by atoms with E-state index in [2.05, 4.69) is 12.2 Å². The van der Waals surface area contributed by atoms with E-state index in [0.29, 0.717) is 19.3 Å². The number of amides is 1. The lowest BCUT2D eigenvalue weighted by Crippen LogP contribution is -2.61. The number of carbonyl (C=O) groups excluding carboxylic acids is 5. The van der Waals surface area contributed by atoms with E-state index < -0.39 is 47.8 Å². The molecule has 0 spiro atoms. The highest BCUT2D eigenvalue weighted by Crippen LogP contribution is 2.66. The summed E-state index contributed by atoms with van der Waals surface area (Å²) in [5.41, 5.74) is -2.11. The summed E-state index contributed by atoms with van der Waals surface area (Å²) in [5, 5.41) is 22.3. The number of hydrogen-bond acceptors (Lipinski definition) is 8. The summed E-state index contributed by atoms with van der Waals surface area (Å²) < 4.78 is 5.04. The molecule has 0 bridgehead atoms. The first kappa shape index (κ1) is 27.2. The third-order valence-corrected chi connectivity index (χ3v) is 9.63. The van der Waals surface area contributed by atoms with Gasteiger partial charge in [-0.15, -0.1) is 0 Å². The van der Waals surface area contributed by atoms with Crippen LogP contribution in [0.25, 0.3) is 0 Å². The minimum atomic E-state index is -1.81. The monoisotopic (exact) mass is 517 g/mol. The molecule has 3 N–H and O–H groups in total. The van der Waals surface area contributed by atoms with E-state index in [1.54, 1.807) is 13.0 Å². The Hall–Kier alpha value is -2.88. The Morgan fingerprint density at radius 1 is 1.08 bits per heavy atom. The van der Waals surface area contributed by atoms with Crippen LogP contribution in [-0.2, 0) is 33.5 Å². The van der Waals surface area contributed by atoms with E-state index in [-0.39, 0.29) is 60.4 Å². The van der Waals surface area contributed by atoms with Crippen molar-refractivity contribution in [3.63, 3.8) is 0 Å². The molecule has 37 heavy (non-hydrogen) atoms. The molecule has 4 aliphatic rings. The lowest BCUT2D eigenvalue weighted by atomic mass is 9.46. The third-order valence-electron chi connectivity index (χ3n) is 9.63. The van der Waals surface area contributed by atoms with Gasteiger partial charge in [0.2, 0.25) is 11.7 Å². The highest BCUT2D eigenvalue weighted by molar-refractivity contribution is 5.95. The number of Topliss-reactive ketones (excluding diaryl/α,β-unsaturated/α-hetero) is 2. The second kappa shape index (κ2) is 9.78. The van der Waals surface area contributed by atoms with E-state index >= 15 is 0 Å². The van der Waals surface area contributed by atoms with E-state index in [9.17, 15) is 33.9 Å². The first-order valence-corrected chi connectivity index (χ1v) is 13.0. The molecule has 6 atom stereocenters. The van der Waals surface area contributed by atoms with Gasteiger partial charge in [0, 0.05) is 30.6 Å². The highest BCUT2D eigenvalue weighted by atomic mass is 16.5. The van der Waals surface area contributed by atoms with Gasteiger partial charge < -0.3 is 20.3 Å². The van der Waals surface area contributed by atoms with Crippen molar-refractivity contribution >= 4 is 35.2 Å². The third kappa shape index (κ3) is 4.64. The molecule has 4 aliphatic carbocycles. The van der Waals surface area contributed by atoms with Crippen molar-refractivity contribution in [2.45, 2.75) is 77.2 Å². The Kier molecular flexibility index (Phi) is 7.18. The van der Waals surface area contributed by atoms with Crippen LogP contribution in [0.15, 0.2) is 11.6 Å². The standard InChI is InChI=1S/C27H35NO9/c1-25-9-7-16(29)11-15(25)3-4-17-18-8-10-27(36,26(18,2)12-19(30)24(17)25)20(31)14-37-23(35)6-5-21(32)28-13-22(33)34/h11,17-18,24,36H,3-10,12-14H2,1-2H3,(H,28,32)(H,33,34)/t17-,18+,24-,25-,26-,27-/m0/s1. The van der Waals surface area contributed by atoms with Gasteiger partial charge in [-0.05, 0) is 55.4 Å². The van der Waals surface area contributed by atoms with Crippen molar-refractivity contribution in [1.29, 1.82) is 0 Å². The van der Waals surface area contributed by atoms with Gasteiger partial charge in [-0.3, -0.25) is 28.8 Å². The summed E-state index contributed by atoms with van der Waals surface area (Å²) in [7, 11) is 0. The maximum absolute atomic E-state index is 13.6. The molecule has 0 aromatic heterocycles. The summed E-state index contributed by atoms with van der Waals surface area (Å²) in [6.45, 7) is 2.65. The molecular weight excluding hydrogens is 482 g/mol. The van der Waals surface area contributed by atoms with Crippen LogP contribution in [0.3, 0.4) is 0 Å². The van der Waals surface area contributed by atoms with Crippen molar-refractivity contribution in [3.8, 4) is 0 Å². The van der Waals surface area contributed by atoms with Gasteiger partial charge in [-0.25, -0.2) is 0 Å². The first-order chi connectivity index (χ1) is 17.3. The minimum Gasteiger partial charge on any atom is -0.480 e. The highest BCUT2D eigenvalue weighted by Gasteiger charge is 2.68. The average Bonchev–Trinajstić information content (AvgIpc) is 3.11. The molecular formula is C27H35NO9. The molecule has 0 aromatic rings. The fraction of sp³-hybridized carbons (Fsp3) is 0.704. The maximum Gasteiger partial charge on any atom is 0.322 e. The maximum atomic E-state index is 13.6. The number of rotatable bonds is 8. The van der Waals surface area contributed by atoms with Crippen molar-refractivity contribution in [2.24, 2.45) is 28.6 Å². The topological polar surface area (TPSA) is 164 Å². The predicted octanol–water partition coefficient (Wildman–Crippen LogP) is 1.52. The summed E-state index contributed by atoms with van der Waals surface area (Å²) in [4.78, 5) is 73.0. The largest absolute Gasteiger partial charge is 0.480 e. The second-order valence-electron chi connectivity index (χ2n) is 11.6. The molecule has 0 unspecified atom stereocenters. The number of fused-ring (bicyclic) bond motifs is 5. The van der Waals surface area contributed by atoms with Crippen LogP contribution < -0.4 is 5.32 Å². The van der Waals surface area contributed by atoms with E-state index in [0.717, 1.165) is 18.4 Å². The molecule has 0 heterocycles. The Bertz CT molecular complexity index is 1080. The number of carbonyl (C=O) groups is 6. The van der Waals surface area contributed by atoms with Crippen LogP contribution in [0.1, 0.15) is 71.6 Å². The molecule has 0 radical (unpaired) electrons. The van der Waals surface area contributed by atoms with E-state index in [1.807, 2.05) is 0 Å². The van der Waals surface area contributed by atoms with Gasteiger partial charge in [-0.2, -0.15) is 0 Å². The zero-order valence-electron chi connectivity index (χ0n) is 21.3. The number of esters is 1. The molecule has 10 heteroatoms. The lowest BCUT2D eigenvalue weighted by molar-refractivity contribution is -0.173. The van der Waals surface area contributed by atoms with Gasteiger partial charge in [0.1, 0.15) is 17.9 Å². The van der Waals surface area contributed by atoms with Crippen molar-refractivity contribution < 1.29 is 43.7 Å². The molecule has 10 nitrogen and oxygen atoms in total. The first-order valence-electron chi connectivity index (χ1n) is 13.0. The normalized spacial score (nSPS) is 36.5. The van der Waals surface area contributed by atoms with Crippen molar-refractivity contribution in [1.82, 2.24) is 5.32 Å². The minimum absolute atomic E-state index is 0.00953. The fourth-order valence-corrected chi connectivity index (χ4v) is 7.66. The number of ether oxygens (including phenoxy) is 1. The molecule has 4 rings (SSSR count). The number of ketones is 3. The van der Waals surface area contributed by atoms with Crippen LogP contribution in [0.4, 0.5) is 0 Å². The van der Waals surface area contributed by atoms with Gasteiger partial charge in [0.05, 0.1) is 6.42 Å². The second-order valence-corrected chi connectivity index (χ2v) is 11.6. The SMILES string of the molecule is C[C@]12CCC(=O)C=C1CC[C@@H]1[C@H]2C(=O)C[C@@]2(C)[C@@H]1CC[C@]2(O)C(=O)COC(=O)CCC(=O)NCC(=O)O. The van der Waals surface area contributed by atoms with E-state index in [4.69, 9.17) is 9.84 Å². The fourth-order valence-electron chi connectivity index (χ4n) is 7.66. The smallest absolute Gasteiger partial charge is 0.322 e. The molecule has 1 amide bonds. The van der Waals surface area contributed by atoms with Gasteiger partial charge in [-0.1, -0.05) is 19.4 Å². The van der Waals surface area contributed by atoms with Gasteiger partial charge in [0.15, 0.2) is 12.4 Å². The van der Waals surface area contributed by atoms with E-state index in [1.165, 1.54) is 0 Å². The zero-order valence-corrected chi connectivity index (χ0v) is 21.3. The summed E-state index contributed by atoms with van der Waals surface area (Å²) in [5.74, 6) is -3.46. The van der Waals surface area contributed by atoms with Crippen molar-refractivity contribution in [2.75, 3.05) is 13.2 Å². The predicted molar refractivity (Wildman–Crippen MR) is 128 cm³/mol. The van der Waals surface area contributed by atoms with Crippen LogP contribution in [0.2, 0.25) is 0 Å². The molecule has 0 aromatic carbocycles. The number of carboxylic acids is 1. The Balaban J connectivity index is 1.42. The Labute approximate surface area is 215 Å². The Morgan fingerprint density at radius 3 is 2.51 bits per heavy atom. The lowest BCUT2D eigenvalue weighted by Gasteiger charge is -2.57. The van der Waals surface area contributed by atoms with Crippen LogP contribution in [0.5, 0.6) is 0 Å². The quantitative estimate of drug-likeness (QED) is 0.405. The summed E-state index contributed by atoms with van der Waals surface area (Å²) in [6, 6.07) is 0. The van der Waals surface area contributed by atoms with Gasteiger partial charge >= 0.3 is 11.9 Å². The number of aliphatic hydroxyl groups is 1. The molecule has 0 aliphatic heterocycles. The molecule has 202 valence electrons. The van der Waals surface area contributed by atoms with Crippen LogP contribution in [-0.4, -0.2) is 64.2 Å². The molecule has 3 saturated carbocycles. The van der Waals surface area contributed by atoms with Crippen LogP contribution >= 0.6 is 0 Å². The number of carboxylic acid groups (broad SMARTS) is 1. The molecule has 0 saturated heterocycles. The Morgan fingerprint density at radius 2 is 1.81 bits per heavy atom. The number of nitrogens with one attached hydrogen (secondary N) is 1. The summed E-state index contributed by atoms with van der Waals surface area (Å²) in [6.07, 6.45) is 4.43. The average molecular weight is 518 g/mol. The summed E-state index contributed by atoms with van der Waals surface area (Å²) >= 11 is 0. The number of hydrogen-bond donors (Lipinski definition) is 3. The van der Waals surface area contributed by atoms with Crippen LogP contribution in [0, 0.1) is 28.6 Å². The molecule has 3 fully saturated rings. The number of aliphatic carboxylic acids is 1. The number of allylic oxidation sites excluding steroid dienone is 1. The van der Waals surface area contributed by atoms with Gasteiger partial charge in [0.25, 0.3) is 0 Å². The zero-order chi connectivity index (χ0) is 27.2. The van der Waals surface area contributed by atoms with Crippen molar-refractivity contribution in [3.05, 3.63) is 11.6 Å².